The highest BCUT2D eigenvalue weighted by Gasteiger charge is 2.12. The van der Waals surface area contributed by atoms with E-state index in [2.05, 4.69) is 10.1 Å². The summed E-state index contributed by atoms with van der Waals surface area (Å²) in [6, 6.07) is 12.0. The molecule has 27 heavy (non-hydrogen) atoms. The first kappa shape index (κ1) is 18.7. The van der Waals surface area contributed by atoms with Crippen LogP contribution in [0.5, 0.6) is 0 Å². The third-order valence-electron chi connectivity index (χ3n) is 4.09. The predicted octanol–water partition coefficient (Wildman–Crippen LogP) is 4.00. The molecule has 0 spiro atoms. The highest BCUT2D eigenvalue weighted by atomic mass is 19.1. The van der Waals surface area contributed by atoms with Crippen LogP contribution in [0.3, 0.4) is 0 Å². The molecule has 0 N–H and O–H groups in total. The molecule has 0 saturated heterocycles. The largest absolute Gasteiger partial charge is 0.341 e. The van der Waals surface area contributed by atoms with Gasteiger partial charge in [0.2, 0.25) is 17.6 Å². The average Bonchev–Trinajstić information content (AvgIpc) is 3.11. The van der Waals surface area contributed by atoms with Crippen molar-refractivity contribution in [2.24, 2.45) is 0 Å². The number of hydrogen-bond acceptors (Lipinski definition) is 4. The number of carbonyl (C=O) groups excluding carboxylic acids is 1. The maximum Gasteiger partial charge on any atom is 0.226 e. The summed E-state index contributed by atoms with van der Waals surface area (Å²) in [4.78, 5) is 18.0. The Bertz CT molecular complexity index is 910. The summed E-state index contributed by atoms with van der Waals surface area (Å²) in [6.45, 7) is 0.353. The first-order valence-corrected chi connectivity index (χ1v) is 8.58. The van der Waals surface area contributed by atoms with Crippen LogP contribution >= 0.6 is 0 Å². The molecule has 5 nitrogen and oxygen atoms in total. The molecule has 1 heterocycles. The first-order chi connectivity index (χ1) is 13.0. The molecule has 0 saturated carbocycles. The van der Waals surface area contributed by atoms with Gasteiger partial charge >= 0.3 is 0 Å². The Hall–Kier alpha value is -3.09. The molecule has 2 aromatic carbocycles. The number of nitrogens with zero attached hydrogens (tertiary/aromatic N) is 3. The molecule has 0 fully saturated rings. The van der Waals surface area contributed by atoms with E-state index in [4.69, 9.17) is 4.52 Å². The lowest BCUT2D eigenvalue weighted by Crippen LogP contribution is -2.26. The standard InChI is InChI=1S/C20H19F2N3O2/c1-25(13-14-4-2-5-17(22)12-14)19(26)7-3-6-18-23-20(24-27-18)15-8-10-16(21)11-9-15/h2,4-5,8-12H,3,6-7,13H2,1H3. The predicted molar refractivity (Wildman–Crippen MR) is 95.5 cm³/mol. The van der Waals surface area contributed by atoms with Gasteiger partial charge in [-0.25, -0.2) is 8.78 Å². The molecule has 0 bridgehead atoms. The molecule has 0 unspecified atom stereocenters. The van der Waals surface area contributed by atoms with E-state index < -0.39 is 0 Å². The third-order valence-corrected chi connectivity index (χ3v) is 4.09. The Morgan fingerprint density at radius 1 is 1.11 bits per heavy atom. The minimum Gasteiger partial charge on any atom is -0.341 e. The molecule has 1 amide bonds. The minimum absolute atomic E-state index is 0.0439. The number of halogens is 2. The molecule has 3 rings (SSSR count). The van der Waals surface area contributed by atoms with Crippen molar-refractivity contribution in [2.75, 3.05) is 7.05 Å². The smallest absolute Gasteiger partial charge is 0.226 e. The molecule has 7 heteroatoms. The van der Waals surface area contributed by atoms with Crippen molar-refractivity contribution in [2.45, 2.75) is 25.8 Å². The lowest BCUT2D eigenvalue weighted by Gasteiger charge is -2.17. The van der Waals surface area contributed by atoms with E-state index in [1.807, 2.05) is 0 Å². The van der Waals surface area contributed by atoms with Crippen molar-refractivity contribution in [3.05, 3.63) is 71.6 Å². The maximum atomic E-state index is 13.2. The highest BCUT2D eigenvalue weighted by molar-refractivity contribution is 5.75. The van der Waals surface area contributed by atoms with Crippen LogP contribution in [0.25, 0.3) is 11.4 Å². The topological polar surface area (TPSA) is 59.2 Å². The summed E-state index contributed by atoms with van der Waals surface area (Å²) in [5.74, 6) is 0.122. The Kier molecular flexibility index (Phi) is 5.90. The first-order valence-electron chi connectivity index (χ1n) is 8.58. The Morgan fingerprint density at radius 3 is 2.63 bits per heavy atom. The van der Waals surface area contributed by atoms with Gasteiger partial charge in [0.05, 0.1) is 0 Å². The normalized spacial score (nSPS) is 10.8. The molecule has 0 atom stereocenters. The minimum atomic E-state index is -0.330. The van der Waals surface area contributed by atoms with Gasteiger partial charge in [-0.1, -0.05) is 17.3 Å². The van der Waals surface area contributed by atoms with Gasteiger partial charge in [-0.2, -0.15) is 4.98 Å². The summed E-state index contributed by atoms with van der Waals surface area (Å²) < 4.78 is 31.3. The zero-order valence-corrected chi connectivity index (χ0v) is 14.9. The summed E-state index contributed by atoms with van der Waals surface area (Å²) in [6.07, 6.45) is 1.34. The number of carbonyl (C=O) groups is 1. The zero-order valence-electron chi connectivity index (χ0n) is 14.9. The van der Waals surface area contributed by atoms with Crippen LogP contribution in [0.15, 0.2) is 53.1 Å². The Morgan fingerprint density at radius 2 is 1.89 bits per heavy atom. The van der Waals surface area contributed by atoms with Gasteiger partial charge in [0.25, 0.3) is 0 Å². The molecule has 1 aromatic heterocycles. The van der Waals surface area contributed by atoms with Crippen molar-refractivity contribution in [1.29, 1.82) is 0 Å². The van der Waals surface area contributed by atoms with Crippen molar-refractivity contribution >= 4 is 5.91 Å². The van der Waals surface area contributed by atoms with Gasteiger partial charge < -0.3 is 9.42 Å². The number of rotatable bonds is 7. The fourth-order valence-electron chi connectivity index (χ4n) is 2.65. The van der Waals surface area contributed by atoms with E-state index in [1.54, 1.807) is 36.2 Å². The van der Waals surface area contributed by atoms with E-state index in [1.165, 1.54) is 24.3 Å². The van der Waals surface area contributed by atoms with Crippen LogP contribution < -0.4 is 0 Å². The number of amides is 1. The van der Waals surface area contributed by atoms with Crippen LogP contribution in [0.2, 0.25) is 0 Å². The van der Waals surface area contributed by atoms with Crippen LogP contribution in [-0.2, 0) is 17.8 Å². The van der Waals surface area contributed by atoms with Crippen LogP contribution in [0.4, 0.5) is 8.78 Å². The van der Waals surface area contributed by atoms with E-state index in [0.29, 0.717) is 43.1 Å². The second kappa shape index (κ2) is 8.53. The van der Waals surface area contributed by atoms with Crippen LogP contribution in [0.1, 0.15) is 24.3 Å². The number of aromatic nitrogens is 2. The van der Waals surface area contributed by atoms with Gasteiger partial charge in [-0.3, -0.25) is 4.79 Å². The van der Waals surface area contributed by atoms with Gasteiger partial charge in [0, 0.05) is 32.0 Å². The quantitative estimate of drug-likeness (QED) is 0.630. The van der Waals surface area contributed by atoms with Crippen molar-refractivity contribution in [3.8, 4) is 11.4 Å². The molecule has 0 aliphatic carbocycles. The summed E-state index contributed by atoms with van der Waals surface area (Å²) in [5, 5.41) is 3.87. The fourth-order valence-corrected chi connectivity index (χ4v) is 2.65. The molecule has 0 aliphatic heterocycles. The van der Waals surface area contributed by atoms with Crippen molar-refractivity contribution in [3.63, 3.8) is 0 Å². The van der Waals surface area contributed by atoms with Gasteiger partial charge in [-0.15, -0.1) is 0 Å². The molecular weight excluding hydrogens is 352 g/mol. The lowest BCUT2D eigenvalue weighted by atomic mass is 10.2. The Labute approximate surface area is 155 Å². The van der Waals surface area contributed by atoms with Gasteiger partial charge in [0.15, 0.2) is 0 Å². The van der Waals surface area contributed by atoms with E-state index in [0.717, 1.165) is 5.56 Å². The molecule has 140 valence electrons. The van der Waals surface area contributed by atoms with Crippen LogP contribution in [-0.4, -0.2) is 28.0 Å². The molecular formula is C20H19F2N3O2. The van der Waals surface area contributed by atoms with E-state index in [9.17, 15) is 13.6 Å². The summed E-state index contributed by atoms with van der Waals surface area (Å²) >= 11 is 0. The fraction of sp³-hybridized carbons (Fsp3) is 0.250. The SMILES string of the molecule is CN(Cc1cccc(F)c1)C(=O)CCCc1nc(-c2ccc(F)cc2)no1. The number of benzene rings is 2. The molecule has 0 aliphatic rings. The second-order valence-corrected chi connectivity index (χ2v) is 6.25. The number of aryl methyl sites for hydroxylation is 1. The average molecular weight is 371 g/mol. The second-order valence-electron chi connectivity index (χ2n) is 6.25. The summed E-state index contributed by atoms with van der Waals surface area (Å²) in [7, 11) is 1.69. The number of hydrogen-bond donors (Lipinski definition) is 0. The molecule has 3 aromatic rings. The van der Waals surface area contributed by atoms with Gasteiger partial charge in [0.1, 0.15) is 11.6 Å². The molecule has 0 radical (unpaired) electrons. The third kappa shape index (κ3) is 5.20. The van der Waals surface area contributed by atoms with Crippen LogP contribution in [0, 0.1) is 11.6 Å². The highest BCUT2D eigenvalue weighted by Crippen LogP contribution is 2.17. The zero-order chi connectivity index (χ0) is 19.2. The Balaban J connectivity index is 1.48. The summed E-state index contributed by atoms with van der Waals surface area (Å²) in [5.41, 5.74) is 1.41. The van der Waals surface area contributed by atoms with Crippen molar-refractivity contribution in [1.82, 2.24) is 15.0 Å². The van der Waals surface area contributed by atoms with E-state index >= 15 is 0 Å². The van der Waals surface area contributed by atoms with E-state index in [-0.39, 0.29) is 17.5 Å². The monoisotopic (exact) mass is 371 g/mol. The lowest BCUT2D eigenvalue weighted by molar-refractivity contribution is -0.130. The van der Waals surface area contributed by atoms with Gasteiger partial charge in [-0.05, 0) is 48.4 Å². The maximum absolute atomic E-state index is 13.2. The van der Waals surface area contributed by atoms with Crippen molar-refractivity contribution < 1.29 is 18.1 Å².